The Morgan fingerprint density at radius 2 is 2.11 bits per heavy atom. The van der Waals surface area contributed by atoms with E-state index in [4.69, 9.17) is 0 Å². The van der Waals surface area contributed by atoms with Gasteiger partial charge in [0.15, 0.2) is 0 Å². The summed E-state index contributed by atoms with van der Waals surface area (Å²) in [7, 11) is 0. The van der Waals surface area contributed by atoms with Crippen molar-refractivity contribution in [2.75, 3.05) is 6.54 Å². The molecule has 0 saturated carbocycles. The number of aromatic amines is 1. The number of hydrogen-bond donors (Lipinski definition) is 1. The van der Waals surface area contributed by atoms with E-state index in [-0.39, 0.29) is 5.91 Å². The molecule has 3 heterocycles. The van der Waals surface area contributed by atoms with E-state index in [2.05, 4.69) is 32.0 Å². The summed E-state index contributed by atoms with van der Waals surface area (Å²) in [4.78, 5) is 22.7. The lowest BCUT2D eigenvalue weighted by Gasteiger charge is -2.26. The fourth-order valence-electron chi connectivity index (χ4n) is 3.60. The molecule has 0 spiro atoms. The quantitative estimate of drug-likeness (QED) is 0.441. The van der Waals surface area contributed by atoms with E-state index in [1.807, 2.05) is 47.4 Å². The monoisotopic (exact) mass is 437 g/mol. The molecule has 1 amide bonds. The summed E-state index contributed by atoms with van der Waals surface area (Å²) in [5.41, 5.74) is 4.54. The zero-order chi connectivity index (χ0) is 18.4. The van der Waals surface area contributed by atoms with Crippen molar-refractivity contribution in [2.24, 2.45) is 0 Å². The van der Waals surface area contributed by atoms with Gasteiger partial charge in [-0.15, -0.1) is 11.3 Å². The predicted molar refractivity (Wildman–Crippen MR) is 114 cm³/mol. The average Bonchev–Trinajstić information content (AvgIpc) is 3.27. The number of aromatic nitrogens is 2. The summed E-state index contributed by atoms with van der Waals surface area (Å²) in [5.74, 6) is 0.0317. The van der Waals surface area contributed by atoms with Gasteiger partial charge in [0.1, 0.15) is 5.01 Å². The van der Waals surface area contributed by atoms with Crippen molar-refractivity contribution in [2.45, 2.75) is 13.0 Å². The third kappa shape index (κ3) is 2.99. The summed E-state index contributed by atoms with van der Waals surface area (Å²) in [6.45, 7) is 1.36. The molecule has 27 heavy (non-hydrogen) atoms. The Bertz CT molecular complexity index is 1170. The number of carbonyl (C=O) groups is 1. The van der Waals surface area contributed by atoms with Gasteiger partial charge in [-0.2, -0.15) is 0 Å². The number of nitrogens with zero attached hydrogens (tertiary/aromatic N) is 2. The first-order chi connectivity index (χ1) is 13.2. The minimum atomic E-state index is 0.0317. The molecule has 0 saturated heterocycles. The number of fused-ring (bicyclic) bond motifs is 4. The Kier molecular flexibility index (Phi) is 4.10. The molecule has 2 aromatic carbocycles. The van der Waals surface area contributed by atoms with Crippen LogP contribution in [-0.2, 0) is 17.8 Å². The molecule has 4 nitrogen and oxygen atoms in total. The van der Waals surface area contributed by atoms with E-state index in [9.17, 15) is 4.79 Å². The number of hydrogen-bond acceptors (Lipinski definition) is 3. The lowest BCUT2D eigenvalue weighted by Crippen LogP contribution is -2.34. The number of amides is 1. The second kappa shape index (κ2) is 6.62. The lowest BCUT2D eigenvalue weighted by molar-refractivity contribution is -0.126. The van der Waals surface area contributed by atoms with Crippen molar-refractivity contribution >= 4 is 60.4 Å². The maximum absolute atomic E-state index is 12.7. The van der Waals surface area contributed by atoms with Crippen LogP contribution < -0.4 is 0 Å². The highest BCUT2D eigenvalue weighted by atomic mass is 79.9. The van der Waals surface area contributed by atoms with Crippen LogP contribution in [0.25, 0.3) is 27.2 Å². The van der Waals surface area contributed by atoms with Crippen LogP contribution >= 0.6 is 27.3 Å². The van der Waals surface area contributed by atoms with Crippen molar-refractivity contribution in [3.63, 3.8) is 0 Å². The van der Waals surface area contributed by atoms with Crippen molar-refractivity contribution in [3.05, 3.63) is 69.3 Å². The molecule has 1 aliphatic heterocycles. The van der Waals surface area contributed by atoms with Crippen molar-refractivity contribution in [1.82, 2.24) is 14.9 Å². The zero-order valence-corrected chi connectivity index (χ0v) is 16.8. The Balaban J connectivity index is 1.38. The molecular formula is C21H16BrN3OS. The van der Waals surface area contributed by atoms with Crippen LogP contribution in [0.1, 0.15) is 16.3 Å². The Morgan fingerprint density at radius 3 is 3.00 bits per heavy atom. The van der Waals surface area contributed by atoms with Gasteiger partial charge in [-0.25, -0.2) is 4.98 Å². The zero-order valence-electron chi connectivity index (χ0n) is 14.4. The van der Waals surface area contributed by atoms with Gasteiger partial charge >= 0.3 is 0 Å². The third-order valence-electron chi connectivity index (χ3n) is 4.95. The molecule has 0 bridgehead atoms. The van der Waals surface area contributed by atoms with Gasteiger partial charge < -0.3 is 9.88 Å². The second-order valence-electron chi connectivity index (χ2n) is 6.61. The summed E-state index contributed by atoms with van der Waals surface area (Å²) < 4.78 is 2.19. The molecule has 0 unspecified atom stereocenters. The van der Waals surface area contributed by atoms with E-state index in [0.29, 0.717) is 6.54 Å². The highest BCUT2D eigenvalue weighted by Gasteiger charge is 2.23. The Hall–Kier alpha value is -2.44. The van der Waals surface area contributed by atoms with Crippen molar-refractivity contribution < 1.29 is 4.79 Å². The Labute approximate surface area is 168 Å². The van der Waals surface area contributed by atoms with E-state index >= 15 is 0 Å². The highest BCUT2D eigenvalue weighted by molar-refractivity contribution is 9.10. The average molecular weight is 438 g/mol. The first-order valence-corrected chi connectivity index (χ1v) is 10.4. The molecule has 4 aromatic rings. The number of nitrogens with one attached hydrogen (secondary N) is 1. The second-order valence-corrected chi connectivity index (χ2v) is 8.52. The van der Waals surface area contributed by atoms with Gasteiger partial charge in [0.25, 0.3) is 0 Å². The number of H-pyrrole nitrogens is 1. The topological polar surface area (TPSA) is 49.0 Å². The van der Waals surface area contributed by atoms with Crippen LogP contribution in [0.2, 0.25) is 0 Å². The fraction of sp³-hybridized carbons (Fsp3) is 0.143. The van der Waals surface area contributed by atoms with Gasteiger partial charge in [-0.05, 0) is 40.2 Å². The SMILES string of the molecule is O=C(/C=C/c1nc2ccccc2s1)N1CCc2[nH]c3c(Br)cccc3c2C1. The van der Waals surface area contributed by atoms with E-state index < -0.39 is 0 Å². The number of benzene rings is 2. The van der Waals surface area contributed by atoms with Gasteiger partial charge in [-0.1, -0.05) is 24.3 Å². The first kappa shape index (κ1) is 16.7. The summed E-state index contributed by atoms with van der Waals surface area (Å²) >= 11 is 5.20. The van der Waals surface area contributed by atoms with Crippen LogP contribution in [0.15, 0.2) is 53.0 Å². The lowest BCUT2D eigenvalue weighted by atomic mass is 10.0. The molecule has 5 rings (SSSR count). The molecule has 6 heteroatoms. The van der Waals surface area contributed by atoms with Crippen molar-refractivity contribution in [1.29, 1.82) is 0 Å². The van der Waals surface area contributed by atoms with Gasteiger partial charge in [0.2, 0.25) is 5.91 Å². The molecule has 0 radical (unpaired) electrons. The normalized spacial score (nSPS) is 14.3. The molecule has 2 aromatic heterocycles. The number of thiazole rings is 1. The Morgan fingerprint density at radius 1 is 1.22 bits per heavy atom. The van der Waals surface area contributed by atoms with Crippen LogP contribution in [-0.4, -0.2) is 27.3 Å². The van der Waals surface area contributed by atoms with Crippen LogP contribution in [0.4, 0.5) is 0 Å². The number of halogens is 1. The van der Waals surface area contributed by atoms with E-state index in [0.717, 1.165) is 38.2 Å². The predicted octanol–water partition coefficient (Wildman–Crippen LogP) is 5.14. The minimum absolute atomic E-state index is 0.0317. The van der Waals surface area contributed by atoms with Gasteiger partial charge in [0, 0.05) is 46.7 Å². The molecule has 0 fully saturated rings. The van der Waals surface area contributed by atoms with E-state index in [1.54, 1.807) is 17.4 Å². The van der Waals surface area contributed by atoms with Gasteiger partial charge in [-0.3, -0.25) is 4.79 Å². The largest absolute Gasteiger partial charge is 0.357 e. The number of carbonyl (C=O) groups excluding carboxylic acids is 1. The molecule has 134 valence electrons. The van der Waals surface area contributed by atoms with E-state index in [1.165, 1.54) is 16.6 Å². The molecule has 1 N–H and O–H groups in total. The number of para-hydroxylation sites is 2. The minimum Gasteiger partial charge on any atom is -0.357 e. The maximum atomic E-state index is 12.7. The fourth-order valence-corrected chi connectivity index (χ4v) is 4.94. The summed E-state index contributed by atoms with van der Waals surface area (Å²) in [5, 5.41) is 2.05. The smallest absolute Gasteiger partial charge is 0.246 e. The van der Waals surface area contributed by atoms with Crippen LogP contribution in [0.5, 0.6) is 0 Å². The third-order valence-corrected chi connectivity index (χ3v) is 6.61. The summed E-state index contributed by atoms with van der Waals surface area (Å²) in [6, 6.07) is 14.2. The molecule has 0 aliphatic carbocycles. The van der Waals surface area contributed by atoms with Crippen LogP contribution in [0.3, 0.4) is 0 Å². The molecule has 0 atom stereocenters. The highest BCUT2D eigenvalue weighted by Crippen LogP contribution is 2.32. The molecular weight excluding hydrogens is 422 g/mol. The number of rotatable bonds is 2. The molecule has 1 aliphatic rings. The maximum Gasteiger partial charge on any atom is 0.246 e. The first-order valence-electron chi connectivity index (χ1n) is 8.79. The van der Waals surface area contributed by atoms with Crippen LogP contribution in [0, 0.1) is 0 Å². The summed E-state index contributed by atoms with van der Waals surface area (Å²) in [6.07, 6.45) is 4.32. The van der Waals surface area contributed by atoms with Crippen molar-refractivity contribution in [3.8, 4) is 0 Å². The van der Waals surface area contributed by atoms with Gasteiger partial charge in [0.05, 0.1) is 15.7 Å². The standard InChI is InChI=1S/C21H16BrN3OS/c22-15-5-3-4-13-14-12-25(11-10-16(14)24-21(13)15)20(26)9-8-19-23-17-6-1-2-7-18(17)27-19/h1-9,24H,10-12H2/b9-8+.